The summed E-state index contributed by atoms with van der Waals surface area (Å²) < 4.78 is 14.0. The maximum absolute atomic E-state index is 12.7. The van der Waals surface area contributed by atoms with Gasteiger partial charge < -0.3 is 9.88 Å². The van der Waals surface area contributed by atoms with Crippen molar-refractivity contribution < 1.29 is 9.18 Å². The van der Waals surface area contributed by atoms with E-state index in [1.54, 1.807) is 12.3 Å². The van der Waals surface area contributed by atoms with Crippen molar-refractivity contribution in [2.45, 2.75) is 13.5 Å². The fraction of sp³-hybridized carbons (Fsp3) is 0.143. The monoisotopic (exact) mass is 260 g/mol. The van der Waals surface area contributed by atoms with Crippen molar-refractivity contribution in [2.24, 2.45) is 0 Å². The third kappa shape index (κ3) is 3.51. The lowest BCUT2D eigenvalue weighted by Crippen LogP contribution is -2.26. The molecule has 1 aromatic heterocycles. The highest BCUT2D eigenvalue weighted by atomic mass is 19.1. The number of aryl methyl sites for hydroxylation is 1. The van der Waals surface area contributed by atoms with Crippen molar-refractivity contribution in [3.63, 3.8) is 0 Å². The van der Waals surface area contributed by atoms with Crippen molar-refractivity contribution in [3.8, 4) is 0 Å². The van der Waals surface area contributed by atoms with Crippen molar-refractivity contribution in [3.05, 3.63) is 64.3 Å². The van der Waals surface area contributed by atoms with Crippen LogP contribution in [0.2, 0.25) is 0 Å². The average Bonchev–Trinajstić information content (AvgIpc) is 2.36. The van der Waals surface area contributed by atoms with E-state index in [1.165, 1.54) is 34.9 Å². The Morgan fingerprint density at radius 2 is 1.95 bits per heavy atom. The highest BCUT2D eigenvalue weighted by molar-refractivity contribution is 5.90. The Morgan fingerprint density at radius 1 is 1.26 bits per heavy atom. The van der Waals surface area contributed by atoms with E-state index in [9.17, 15) is 14.0 Å². The van der Waals surface area contributed by atoms with Gasteiger partial charge in [-0.05, 0) is 42.8 Å². The van der Waals surface area contributed by atoms with E-state index in [0.29, 0.717) is 5.69 Å². The van der Waals surface area contributed by atoms with Crippen LogP contribution in [-0.2, 0) is 11.3 Å². The number of nitrogens with zero attached hydrogens (tertiary/aromatic N) is 1. The van der Waals surface area contributed by atoms with Gasteiger partial charge in [-0.2, -0.15) is 0 Å². The van der Waals surface area contributed by atoms with Gasteiger partial charge in [0.2, 0.25) is 5.91 Å². The molecule has 1 heterocycles. The SMILES string of the molecule is Cc1ccn(CC(=O)Nc2ccc(F)cc2)c(=O)c1. The van der Waals surface area contributed by atoms with Gasteiger partial charge in [-0.15, -0.1) is 0 Å². The van der Waals surface area contributed by atoms with Crippen LogP contribution in [0.3, 0.4) is 0 Å². The van der Waals surface area contributed by atoms with Gasteiger partial charge >= 0.3 is 0 Å². The van der Waals surface area contributed by atoms with E-state index >= 15 is 0 Å². The van der Waals surface area contributed by atoms with Crippen LogP contribution in [-0.4, -0.2) is 10.5 Å². The number of benzene rings is 1. The third-order valence-corrected chi connectivity index (χ3v) is 2.59. The molecule has 1 aromatic carbocycles. The fourth-order valence-corrected chi connectivity index (χ4v) is 1.63. The van der Waals surface area contributed by atoms with Gasteiger partial charge in [-0.3, -0.25) is 9.59 Å². The number of pyridine rings is 1. The first kappa shape index (κ1) is 13.0. The molecule has 4 nitrogen and oxygen atoms in total. The Morgan fingerprint density at radius 3 is 2.58 bits per heavy atom. The van der Waals surface area contributed by atoms with Gasteiger partial charge in [-0.1, -0.05) is 0 Å². The largest absolute Gasteiger partial charge is 0.325 e. The van der Waals surface area contributed by atoms with Crippen LogP contribution in [0.15, 0.2) is 47.4 Å². The number of carbonyl (C=O) groups excluding carboxylic acids is 1. The summed E-state index contributed by atoms with van der Waals surface area (Å²) in [5.74, 6) is -0.703. The fourth-order valence-electron chi connectivity index (χ4n) is 1.63. The Labute approximate surface area is 109 Å². The van der Waals surface area contributed by atoms with E-state index in [4.69, 9.17) is 0 Å². The quantitative estimate of drug-likeness (QED) is 0.916. The van der Waals surface area contributed by atoms with Crippen LogP contribution < -0.4 is 10.9 Å². The molecule has 0 atom stereocenters. The summed E-state index contributed by atoms with van der Waals surface area (Å²) >= 11 is 0. The number of carbonyl (C=O) groups is 1. The van der Waals surface area contributed by atoms with Gasteiger partial charge in [0, 0.05) is 18.0 Å². The highest BCUT2D eigenvalue weighted by Gasteiger charge is 2.05. The van der Waals surface area contributed by atoms with Crippen molar-refractivity contribution in [1.82, 2.24) is 4.57 Å². The second-order valence-corrected chi connectivity index (χ2v) is 4.23. The van der Waals surface area contributed by atoms with Gasteiger partial charge in [0.05, 0.1) is 0 Å². The van der Waals surface area contributed by atoms with Gasteiger partial charge in [0.1, 0.15) is 12.4 Å². The minimum Gasteiger partial charge on any atom is -0.325 e. The lowest BCUT2D eigenvalue weighted by atomic mass is 10.3. The summed E-state index contributed by atoms with van der Waals surface area (Å²) in [5.41, 5.74) is 1.11. The normalized spacial score (nSPS) is 10.2. The van der Waals surface area contributed by atoms with E-state index < -0.39 is 0 Å². The van der Waals surface area contributed by atoms with E-state index in [0.717, 1.165) is 5.56 Å². The van der Waals surface area contributed by atoms with Crippen LogP contribution in [0.25, 0.3) is 0 Å². The van der Waals surface area contributed by atoms with Crippen molar-refractivity contribution in [2.75, 3.05) is 5.32 Å². The minimum atomic E-state index is -0.368. The number of amides is 1. The first-order valence-corrected chi connectivity index (χ1v) is 5.77. The maximum Gasteiger partial charge on any atom is 0.251 e. The summed E-state index contributed by atoms with van der Waals surface area (Å²) in [5, 5.41) is 2.59. The van der Waals surface area contributed by atoms with Gasteiger partial charge in [0.15, 0.2) is 0 Å². The number of hydrogen-bond donors (Lipinski definition) is 1. The van der Waals surface area contributed by atoms with E-state index in [-0.39, 0.29) is 23.8 Å². The molecule has 0 saturated heterocycles. The van der Waals surface area contributed by atoms with Crippen LogP contribution in [0.1, 0.15) is 5.56 Å². The van der Waals surface area contributed by atoms with Gasteiger partial charge in [0.25, 0.3) is 5.56 Å². The average molecular weight is 260 g/mol. The highest BCUT2D eigenvalue weighted by Crippen LogP contribution is 2.08. The summed E-state index contributed by atoms with van der Waals surface area (Å²) in [4.78, 5) is 23.3. The summed E-state index contributed by atoms with van der Waals surface area (Å²) in [6, 6.07) is 8.66. The maximum atomic E-state index is 12.7. The molecule has 0 aliphatic carbocycles. The Kier molecular flexibility index (Phi) is 3.75. The van der Waals surface area contributed by atoms with Crippen LogP contribution in [0, 0.1) is 12.7 Å². The molecule has 1 N–H and O–H groups in total. The molecule has 2 aromatic rings. The molecule has 1 amide bonds. The Balaban J connectivity index is 2.05. The molecule has 98 valence electrons. The number of nitrogens with one attached hydrogen (secondary N) is 1. The Bertz CT molecular complexity index is 647. The number of anilines is 1. The standard InChI is InChI=1S/C14H13FN2O2/c1-10-6-7-17(14(19)8-10)9-13(18)16-12-4-2-11(15)3-5-12/h2-8H,9H2,1H3,(H,16,18). The van der Waals surface area contributed by atoms with Crippen LogP contribution in [0.4, 0.5) is 10.1 Å². The predicted octanol–water partition coefficient (Wildman–Crippen LogP) is 1.93. The first-order chi connectivity index (χ1) is 9.04. The number of rotatable bonds is 3. The van der Waals surface area contributed by atoms with E-state index in [2.05, 4.69) is 5.32 Å². The summed E-state index contributed by atoms with van der Waals surface area (Å²) in [7, 11) is 0. The number of aromatic nitrogens is 1. The molecule has 0 spiro atoms. The molecular weight excluding hydrogens is 247 g/mol. The molecule has 2 rings (SSSR count). The first-order valence-electron chi connectivity index (χ1n) is 5.77. The number of hydrogen-bond acceptors (Lipinski definition) is 2. The second-order valence-electron chi connectivity index (χ2n) is 4.23. The van der Waals surface area contributed by atoms with Crippen LogP contribution >= 0.6 is 0 Å². The zero-order valence-electron chi connectivity index (χ0n) is 10.4. The lowest BCUT2D eigenvalue weighted by molar-refractivity contribution is -0.116. The van der Waals surface area contributed by atoms with Gasteiger partial charge in [-0.25, -0.2) is 4.39 Å². The third-order valence-electron chi connectivity index (χ3n) is 2.59. The minimum absolute atomic E-state index is 0.0729. The smallest absolute Gasteiger partial charge is 0.251 e. The topological polar surface area (TPSA) is 51.1 Å². The summed E-state index contributed by atoms with van der Waals surface area (Å²) in [6.07, 6.45) is 1.57. The summed E-state index contributed by atoms with van der Waals surface area (Å²) in [6.45, 7) is 1.74. The van der Waals surface area contributed by atoms with Crippen molar-refractivity contribution >= 4 is 11.6 Å². The molecular formula is C14H13FN2O2. The molecule has 0 aliphatic heterocycles. The predicted molar refractivity (Wildman–Crippen MR) is 70.5 cm³/mol. The lowest BCUT2D eigenvalue weighted by Gasteiger charge is -2.07. The Hall–Kier alpha value is -2.43. The van der Waals surface area contributed by atoms with Crippen LogP contribution in [0.5, 0.6) is 0 Å². The molecule has 0 aliphatic rings. The van der Waals surface area contributed by atoms with E-state index in [1.807, 2.05) is 6.92 Å². The number of halogens is 1. The zero-order valence-corrected chi connectivity index (χ0v) is 10.4. The molecule has 0 fully saturated rings. The molecule has 19 heavy (non-hydrogen) atoms. The molecule has 5 heteroatoms. The molecule has 0 radical (unpaired) electrons. The zero-order chi connectivity index (χ0) is 13.8. The van der Waals surface area contributed by atoms with Crippen molar-refractivity contribution in [1.29, 1.82) is 0 Å². The molecule has 0 unspecified atom stereocenters. The molecule has 0 bridgehead atoms. The molecule has 0 saturated carbocycles. The second kappa shape index (κ2) is 5.48.